The Labute approximate surface area is 118 Å². The first-order valence-corrected chi connectivity index (χ1v) is 7.35. The fourth-order valence-corrected chi connectivity index (χ4v) is 2.99. The van der Waals surface area contributed by atoms with E-state index in [4.69, 9.17) is 4.74 Å². The van der Waals surface area contributed by atoms with E-state index in [1.807, 2.05) is 38.0 Å². The summed E-state index contributed by atoms with van der Waals surface area (Å²) in [5.74, 6) is 0. The molecular formula is C13H21N3O2S. The van der Waals surface area contributed by atoms with E-state index in [1.54, 1.807) is 11.3 Å². The molecule has 1 N–H and O–H groups in total. The summed E-state index contributed by atoms with van der Waals surface area (Å²) >= 11 is 1.60. The van der Waals surface area contributed by atoms with E-state index in [-0.39, 0.29) is 17.7 Å². The molecule has 2 amide bonds. The summed E-state index contributed by atoms with van der Waals surface area (Å²) in [6.07, 6.45) is 0.0658. The van der Waals surface area contributed by atoms with Crippen molar-refractivity contribution in [2.75, 3.05) is 13.1 Å². The minimum Gasteiger partial charge on any atom is -0.369 e. The zero-order valence-electron chi connectivity index (χ0n) is 11.9. The van der Waals surface area contributed by atoms with Gasteiger partial charge in [-0.3, -0.25) is 0 Å². The largest absolute Gasteiger partial charge is 0.369 e. The number of thiazole rings is 1. The van der Waals surface area contributed by atoms with Crippen LogP contribution in [0.15, 0.2) is 5.38 Å². The standard InChI is InChI=1S/C13H21N3O2S/c1-9-6-16(8-13(3,4)18-9)12(17)14-5-11-7-19-10(2)15-11/h7,9H,5-6,8H2,1-4H3,(H,14,17)/t9-/m0/s1. The van der Waals surface area contributed by atoms with Crippen LogP contribution in [-0.4, -0.2) is 40.7 Å². The summed E-state index contributed by atoms with van der Waals surface area (Å²) in [6, 6.07) is -0.0473. The highest BCUT2D eigenvalue weighted by atomic mass is 32.1. The van der Waals surface area contributed by atoms with Crippen molar-refractivity contribution in [3.63, 3.8) is 0 Å². The molecule has 1 aliphatic heterocycles. The van der Waals surface area contributed by atoms with Gasteiger partial charge in [0.25, 0.3) is 0 Å². The van der Waals surface area contributed by atoms with Crippen LogP contribution in [0.3, 0.4) is 0 Å². The predicted molar refractivity (Wildman–Crippen MR) is 75.3 cm³/mol. The third kappa shape index (κ3) is 3.91. The van der Waals surface area contributed by atoms with Gasteiger partial charge in [-0.1, -0.05) is 0 Å². The topological polar surface area (TPSA) is 54.5 Å². The molecule has 6 heteroatoms. The Morgan fingerprint density at radius 1 is 1.68 bits per heavy atom. The Balaban J connectivity index is 1.89. The molecule has 0 spiro atoms. The van der Waals surface area contributed by atoms with Crippen molar-refractivity contribution in [3.8, 4) is 0 Å². The second-order valence-corrected chi connectivity index (χ2v) is 6.65. The van der Waals surface area contributed by atoms with Crippen LogP contribution in [-0.2, 0) is 11.3 Å². The van der Waals surface area contributed by atoms with Gasteiger partial charge in [-0.2, -0.15) is 0 Å². The normalized spacial score (nSPS) is 22.3. The molecule has 0 aliphatic carbocycles. The highest BCUT2D eigenvalue weighted by molar-refractivity contribution is 7.09. The van der Waals surface area contributed by atoms with Gasteiger partial charge in [-0.05, 0) is 27.7 Å². The van der Waals surface area contributed by atoms with Gasteiger partial charge >= 0.3 is 6.03 Å². The van der Waals surface area contributed by atoms with E-state index in [9.17, 15) is 4.79 Å². The van der Waals surface area contributed by atoms with Gasteiger partial charge in [0.1, 0.15) is 0 Å². The van der Waals surface area contributed by atoms with E-state index in [0.29, 0.717) is 19.6 Å². The molecule has 5 nitrogen and oxygen atoms in total. The SMILES string of the molecule is Cc1nc(CNC(=O)N2C[C@H](C)OC(C)(C)C2)cs1. The minimum absolute atomic E-state index is 0.0473. The number of amides is 2. The van der Waals surface area contributed by atoms with E-state index in [2.05, 4.69) is 10.3 Å². The summed E-state index contributed by atoms with van der Waals surface area (Å²) in [5, 5.41) is 5.91. The first-order chi connectivity index (χ1) is 8.85. The molecule has 106 valence electrons. The van der Waals surface area contributed by atoms with Crippen LogP contribution >= 0.6 is 11.3 Å². The molecule has 2 rings (SSSR count). The zero-order valence-corrected chi connectivity index (χ0v) is 12.7. The number of aromatic nitrogens is 1. The number of nitrogens with one attached hydrogen (secondary N) is 1. The summed E-state index contributed by atoms with van der Waals surface area (Å²) in [5.41, 5.74) is 0.628. The monoisotopic (exact) mass is 283 g/mol. The maximum Gasteiger partial charge on any atom is 0.317 e. The van der Waals surface area contributed by atoms with Crippen molar-refractivity contribution < 1.29 is 9.53 Å². The van der Waals surface area contributed by atoms with Crippen LogP contribution in [0.2, 0.25) is 0 Å². The average Bonchev–Trinajstić information content (AvgIpc) is 2.69. The molecule has 0 saturated carbocycles. The quantitative estimate of drug-likeness (QED) is 0.905. The molecule has 1 saturated heterocycles. The Morgan fingerprint density at radius 2 is 2.42 bits per heavy atom. The lowest BCUT2D eigenvalue weighted by molar-refractivity contribution is -0.117. The van der Waals surface area contributed by atoms with Crippen LogP contribution in [0.5, 0.6) is 0 Å². The van der Waals surface area contributed by atoms with Crippen molar-refractivity contribution >= 4 is 17.4 Å². The number of carbonyl (C=O) groups excluding carboxylic acids is 1. The molecule has 0 aromatic carbocycles. The summed E-state index contributed by atoms with van der Waals surface area (Å²) < 4.78 is 5.79. The third-order valence-corrected chi connectivity index (χ3v) is 3.77. The van der Waals surface area contributed by atoms with Crippen molar-refractivity contribution in [3.05, 3.63) is 16.1 Å². The van der Waals surface area contributed by atoms with E-state index in [0.717, 1.165) is 10.7 Å². The van der Waals surface area contributed by atoms with Crippen molar-refractivity contribution in [1.82, 2.24) is 15.2 Å². The maximum absolute atomic E-state index is 12.1. The van der Waals surface area contributed by atoms with Crippen LogP contribution < -0.4 is 5.32 Å². The molecule has 1 aliphatic rings. The van der Waals surface area contributed by atoms with Crippen LogP contribution in [0.25, 0.3) is 0 Å². The van der Waals surface area contributed by atoms with Gasteiger partial charge in [0.2, 0.25) is 0 Å². The Bertz CT molecular complexity index is 458. The van der Waals surface area contributed by atoms with Gasteiger partial charge < -0.3 is 15.0 Å². The second kappa shape index (κ2) is 5.46. The summed E-state index contributed by atoms with van der Waals surface area (Å²) in [6.45, 7) is 9.69. The Hall–Kier alpha value is -1.14. The fraction of sp³-hybridized carbons (Fsp3) is 0.692. The molecule has 2 heterocycles. The first-order valence-electron chi connectivity index (χ1n) is 6.47. The molecule has 0 radical (unpaired) electrons. The fourth-order valence-electron chi connectivity index (χ4n) is 2.38. The lowest BCUT2D eigenvalue weighted by Crippen LogP contribution is -2.56. The van der Waals surface area contributed by atoms with Gasteiger partial charge in [-0.15, -0.1) is 11.3 Å². The number of urea groups is 1. The predicted octanol–water partition coefficient (Wildman–Crippen LogP) is 2.16. The van der Waals surface area contributed by atoms with Crippen molar-refractivity contribution in [1.29, 1.82) is 0 Å². The Morgan fingerprint density at radius 3 is 3.00 bits per heavy atom. The van der Waals surface area contributed by atoms with Crippen molar-refractivity contribution in [2.45, 2.75) is 45.9 Å². The molecule has 0 unspecified atom stereocenters. The second-order valence-electron chi connectivity index (χ2n) is 5.59. The van der Waals surface area contributed by atoms with Gasteiger partial charge in [0.05, 0.1) is 35.5 Å². The lowest BCUT2D eigenvalue weighted by atomic mass is 10.1. The number of nitrogens with zero attached hydrogens (tertiary/aromatic N) is 2. The zero-order chi connectivity index (χ0) is 14.0. The average molecular weight is 283 g/mol. The van der Waals surface area contributed by atoms with Crippen LogP contribution in [0.4, 0.5) is 4.79 Å². The number of aryl methyl sites for hydroxylation is 1. The van der Waals surface area contributed by atoms with E-state index >= 15 is 0 Å². The lowest BCUT2D eigenvalue weighted by Gasteiger charge is -2.41. The molecule has 1 aromatic heterocycles. The first kappa shape index (κ1) is 14.3. The highest BCUT2D eigenvalue weighted by Crippen LogP contribution is 2.20. The number of hydrogen-bond acceptors (Lipinski definition) is 4. The number of morpholine rings is 1. The molecule has 1 aromatic rings. The molecule has 1 atom stereocenters. The molecule has 19 heavy (non-hydrogen) atoms. The van der Waals surface area contributed by atoms with Crippen LogP contribution in [0, 0.1) is 6.92 Å². The van der Waals surface area contributed by atoms with Crippen LogP contribution in [0.1, 0.15) is 31.5 Å². The Kier molecular flexibility index (Phi) is 4.10. The molecular weight excluding hydrogens is 262 g/mol. The number of ether oxygens (including phenoxy) is 1. The van der Waals surface area contributed by atoms with Crippen molar-refractivity contribution in [2.24, 2.45) is 0 Å². The minimum atomic E-state index is -0.285. The molecule has 1 fully saturated rings. The number of rotatable bonds is 2. The smallest absolute Gasteiger partial charge is 0.317 e. The summed E-state index contributed by atoms with van der Waals surface area (Å²) in [7, 11) is 0. The number of hydrogen-bond donors (Lipinski definition) is 1. The number of carbonyl (C=O) groups is 1. The van der Waals surface area contributed by atoms with E-state index < -0.39 is 0 Å². The van der Waals surface area contributed by atoms with E-state index in [1.165, 1.54) is 0 Å². The molecule has 0 bridgehead atoms. The summed E-state index contributed by atoms with van der Waals surface area (Å²) in [4.78, 5) is 18.3. The third-order valence-electron chi connectivity index (χ3n) is 2.94. The maximum atomic E-state index is 12.1. The van der Waals surface area contributed by atoms with Gasteiger partial charge in [-0.25, -0.2) is 9.78 Å². The van der Waals surface area contributed by atoms with Gasteiger partial charge in [0.15, 0.2) is 0 Å². The van der Waals surface area contributed by atoms with Gasteiger partial charge in [0, 0.05) is 11.9 Å². The highest BCUT2D eigenvalue weighted by Gasteiger charge is 2.33.